The van der Waals surface area contributed by atoms with Gasteiger partial charge in [0.15, 0.2) is 5.75 Å². The molecule has 0 aliphatic heterocycles. The molecule has 3 rings (SSSR count). The van der Waals surface area contributed by atoms with Crippen LogP contribution in [0.2, 0.25) is 0 Å². The summed E-state index contributed by atoms with van der Waals surface area (Å²) < 4.78 is 5.52. The molecule has 132 valence electrons. The van der Waals surface area contributed by atoms with Crippen molar-refractivity contribution in [1.82, 2.24) is 15.0 Å². The van der Waals surface area contributed by atoms with Crippen LogP contribution in [0.5, 0.6) is 5.75 Å². The number of pyridine rings is 1. The van der Waals surface area contributed by atoms with Gasteiger partial charge in [-0.3, -0.25) is 4.79 Å². The van der Waals surface area contributed by atoms with E-state index in [4.69, 9.17) is 4.74 Å². The zero-order chi connectivity index (χ0) is 17.8. The second-order valence-electron chi connectivity index (χ2n) is 6.14. The molecule has 3 heterocycles. The third-order valence-electron chi connectivity index (χ3n) is 3.57. The fraction of sp³-hybridized carbons (Fsp3) is 0.389. The molecular formula is C18H21N3O2S2. The quantitative estimate of drug-likeness (QED) is 0.493. The van der Waals surface area contributed by atoms with Crippen molar-refractivity contribution in [3.63, 3.8) is 0 Å². The highest BCUT2D eigenvalue weighted by Gasteiger charge is 2.10. The van der Waals surface area contributed by atoms with E-state index in [-0.39, 0.29) is 5.43 Å². The first-order valence-corrected chi connectivity index (χ1v) is 10.1. The van der Waals surface area contributed by atoms with Gasteiger partial charge in [-0.2, -0.15) is 0 Å². The molecule has 0 unspecified atom stereocenters. The van der Waals surface area contributed by atoms with E-state index in [0.717, 1.165) is 27.4 Å². The van der Waals surface area contributed by atoms with E-state index >= 15 is 0 Å². The summed E-state index contributed by atoms with van der Waals surface area (Å²) in [5, 5.41) is 2.04. The molecule has 0 fully saturated rings. The number of H-pyrrole nitrogens is 1. The number of nitrogens with zero attached hydrogens (tertiary/aromatic N) is 2. The lowest BCUT2D eigenvalue weighted by Gasteiger charge is -2.08. The molecule has 7 heteroatoms. The fourth-order valence-electron chi connectivity index (χ4n) is 2.27. The van der Waals surface area contributed by atoms with Gasteiger partial charge in [0, 0.05) is 34.0 Å². The number of thioether (sulfide) groups is 1. The van der Waals surface area contributed by atoms with Crippen LogP contribution in [0.25, 0.3) is 10.2 Å². The minimum Gasteiger partial charge on any atom is -0.488 e. The number of aryl methyl sites for hydroxylation is 1. The predicted molar refractivity (Wildman–Crippen MR) is 104 cm³/mol. The Bertz CT molecular complexity index is 918. The molecule has 5 nitrogen and oxygen atoms in total. The summed E-state index contributed by atoms with van der Waals surface area (Å²) in [6.45, 7) is 6.78. The Hall–Kier alpha value is -1.86. The van der Waals surface area contributed by atoms with Crippen molar-refractivity contribution < 1.29 is 4.74 Å². The first kappa shape index (κ1) is 17.9. The molecule has 0 atom stereocenters. The summed E-state index contributed by atoms with van der Waals surface area (Å²) in [5.74, 6) is 1.40. The summed E-state index contributed by atoms with van der Waals surface area (Å²) in [6, 6.07) is 3.76. The molecular weight excluding hydrogens is 354 g/mol. The Labute approximate surface area is 154 Å². The summed E-state index contributed by atoms with van der Waals surface area (Å²) in [5.41, 5.74) is 0.760. The van der Waals surface area contributed by atoms with Gasteiger partial charge in [-0.1, -0.05) is 32.5 Å². The van der Waals surface area contributed by atoms with Crippen LogP contribution in [0.4, 0.5) is 0 Å². The average molecular weight is 376 g/mol. The molecule has 0 aliphatic rings. The number of aromatic nitrogens is 3. The van der Waals surface area contributed by atoms with Crippen LogP contribution in [0.1, 0.15) is 31.3 Å². The topological polar surface area (TPSA) is 67.9 Å². The Morgan fingerprint density at radius 1 is 1.32 bits per heavy atom. The Balaban J connectivity index is 1.72. The second-order valence-corrected chi connectivity index (χ2v) is 8.22. The minimum absolute atomic E-state index is 0.0911. The Morgan fingerprint density at radius 3 is 2.88 bits per heavy atom. The first-order valence-electron chi connectivity index (χ1n) is 8.27. The lowest BCUT2D eigenvalue weighted by molar-refractivity contribution is 0.268. The molecule has 1 N–H and O–H groups in total. The molecule has 0 saturated heterocycles. The van der Waals surface area contributed by atoms with Crippen molar-refractivity contribution in [3.05, 3.63) is 45.5 Å². The minimum atomic E-state index is -0.0911. The van der Waals surface area contributed by atoms with Gasteiger partial charge >= 0.3 is 0 Å². The van der Waals surface area contributed by atoms with Crippen LogP contribution in [-0.4, -0.2) is 21.6 Å². The van der Waals surface area contributed by atoms with E-state index in [1.54, 1.807) is 41.7 Å². The van der Waals surface area contributed by atoms with E-state index in [1.165, 1.54) is 4.88 Å². The van der Waals surface area contributed by atoms with Gasteiger partial charge in [0.2, 0.25) is 5.43 Å². The lowest BCUT2D eigenvalue weighted by Crippen LogP contribution is -2.13. The van der Waals surface area contributed by atoms with Crippen molar-refractivity contribution in [1.29, 1.82) is 0 Å². The third-order valence-corrected chi connectivity index (χ3v) is 5.81. The number of hydrogen-bond acceptors (Lipinski definition) is 6. The van der Waals surface area contributed by atoms with E-state index in [1.807, 2.05) is 0 Å². The molecule has 3 aromatic heterocycles. The first-order chi connectivity index (χ1) is 12.1. The van der Waals surface area contributed by atoms with Gasteiger partial charge < -0.3 is 9.72 Å². The molecule has 0 spiro atoms. The van der Waals surface area contributed by atoms with Crippen molar-refractivity contribution >= 4 is 33.3 Å². The molecule has 0 aromatic carbocycles. The van der Waals surface area contributed by atoms with Gasteiger partial charge in [-0.25, -0.2) is 9.97 Å². The number of aromatic amines is 1. The Morgan fingerprint density at radius 2 is 2.16 bits per heavy atom. The average Bonchev–Trinajstić information content (AvgIpc) is 3.03. The van der Waals surface area contributed by atoms with Gasteiger partial charge in [0.25, 0.3) is 0 Å². The van der Waals surface area contributed by atoms with Crippen LogP contribution >= 0.6 is 23.1 Å². The number of thiophene rings is 1. The van der Waals surface area contributed by atoms with E-state index < -0.39 is 0 Å². The third kappa shape index (κ3) is 4.41. The lowest BCUT2D eigenvalue weighted by atomic mass is 10.2. The molecule has 0 radical (unpaired) electrons. The second kappa shape index (κ2) is 8.01. The fourth-order valence-corrected chi connectivity index (χ4v) is 4.16. The maximum absolute atomic E-state index is 12.1. The smallest absolute Gasteiger partial charge is 0.223 e. The van der Waals surface area contributed by atoms with E-state index in [9.17, 15) is 4.79 Å². The molecule has 0 amide bonds. The van der Waals surface area contributed by atoms with Crippen LogP contribution in [0.15, 0.2) is 34.5 Å². The maximum Gasteiger partial charge on any atom is 0.223 e. The normalized spacial score (nSPS) is 11.4. The monoisotopic (exact) mass is 375 g/mol. The summed E-state index contributed by atoms with van der Waals surface area (Å²) in [4.78, 5) is 26.4. The van der Waals surface area contributed by atoms with Crippen LogP contribution in [0.3, 0.4) is 0 Å². The molecule has 0 bridgehead atoms. The Kier molecular flexibility index (Phi) is 5.75. The summed E-state index contributed by atoms with van der Waals surface area (Å²) in [6.07, 6.45) is 4.25. The zero-order valence-corrected chi connectivity index (χ0v) is 16.2. The van der Waals surface area contributed by atoms with Gasteiger partial charge in [-0.15, -0.1) is 11.3 Å². The molecule has 0 saturated carbocycles. The van der Waals surface area contributed by atoms with Crippen LogP contribution in [-0.2, 0) is 12.2 Å². The highest BCUT2D eigenvalue weighted by molar-refractivity contribution is 7.98. The molecule has 0 aliphatic carbocycles. The van der Waals surface area contributed by atoms with Crippen molar-refractivity contribution in [2.75, 3.05) is 6.61 Å². The largest absolute Gasteiger partial charge is 0.488 e. The van der Waals surface area contributed by atoms with Crippen molar-refractivity contribution in [3.8, 4) is 5.75 Å². The summed E-state index contributed by atoms with van der Waals surface area (Å²) in [7, 11) is 0. The zero-order valence-electron chi connectivity index (χ0n) is 14.5. The van der Waals surface area contributed by atoms with Gasteiger partial charge in [0.1, 0.15) is 16.2 Å². The molecule has 25 heavy (non-hydrogen) atoms. The number of hydrogen-bond donors (Lipinski definition) is 1. The van der Waals surface area contributed by atoms with Gasteiger partial charge in [0.05, 0.1) is 6.61 Å². The van der Waals surface area contributed by atoms with E-state index in [2.05, 4.69) is 41.8 Å². The van der Waals surface area contributed by atoms with Gasteiger partial charge in [-0.05, 0) is 18.4 Å². The molecule has 3 aromatic rings. The number of ether oxygens (including phenoxy) is 1. The standard InChI is InChI=1S/C18H21N3O2S2/c1-4-13-6-14-17(20-10-21-18(14)25-13)24-9-12-5-15(22)16(7-19-12)23-8-11(2)3/h5-7,10-11H,4,8-9H2,1-3H3,(H,19,22). The number of fused-ring (bicyclic) bond motifs is 1. The highest BCUT2D eigenvalue weighted by Crippen LogP contribution is 2.32. The van der Waals surface area contributed by atoms with Crippen LogP contribution in [0, 0.1) is 5.92 Å². The predicted octanol–water partition coefficient (Wildman–Crippen LogP) is 4.27. The highest BCUT2D eigenvalue weighted by atomic mass is 32.2. The van der Waals surface area contributed by atoms with Crippen LogP contribution < -0.4 is 10.2 Å². The SMILES string of the molecule is CCc1cc2c(SCc3cc(=O)c(OCC(C)C)c[nH]3)ncnc2s1. The summed E-state index contributed by atoms with van der Waals surface area (Å²) >= 11 is 3.31. The van der Waals surface area contributed by atoms with E-state index in [0.29, 0.717) is 24.0 Å². The number of nitrogens with one attached hydrogen (secondary N) is 1. The number of rotatable bonds is 7. The maximum atomic E-state index is 12.1. The van der Waals surface area contributed by atoms with Crippen molar-refractivity contribution in [2.45, 2.75) is 38.0 Å². The van der Waals surface area contributed by atoms with Crippen molar-refractivity contribution in [2.24, 2.45) is 5.92 Å².